The van der Waals surface area contributed by atoms with E-state index in [4.69, 9.17) is 16.6 Å². The van der Waals surface area contributed by atoms with Crippen molar-refractivity contribution in [2.75, 3.05) is 13.1 Å². The first-order chi connectivity index (χ1) is 12.2. The number of fused-ring (bicyclic) bond motifs is 1. The van der Waals surface area contributed by atoms with E-state index in [0.29, 0.717) is 11.8 Å². The van der Waals surface area contributed by atoms with Crippen LogP contribution in [-0.2, 0) is 6.42 Å². The van der Waals surface area contributed by atoms with Crippen LogP contribution in [0.3, 0.4) is 0 Å². The molecule has 1 aromatic heterocycles. The molecule has 3 aromatic rings. The van der Waals surface area contributed by atoms with Gasteiger partial charge in [-0.1, -0.05) is 29.8 Å². The van der Waals surface area contributed by atoms with Crippen LogP contribution in [0.4, 0.5) is 4.39 Å². The molecule has 4 rings (SSSR count). The van der Waals surface area contributed by atoms with E-state index in [1.54, 1.807) is 12.1 Å². The molecule has 0 radical (unpaired) electrons. The molecule has 130 valence electrons. The molecule has 0 spiro atoms. The molecule has 1 fully saturated rings. The standard InChI is InChI=1S/C20H21ClFN3/c21-16-8-7-13(10-17(16)22)15-4-3-9-23-12-14(15)11-20-24-18-5-1-2-6-19(18)25-20/h1-2,5-8,10,14-15,23H,3-4,9,11-12H2,(H,24,25)/t14-,15+/m1/s1. The highest BCUT2D eigenvalue weighted by atomic mass is 35.5. The molecule has 2 N–H and O–H groups in total. The monoisotopic (exact) mass is 357 g/mol. The first-order valence-corrected chi connectivity index (χ1v) is 9.18. The summed E-state index contributed by atoms with van der Waals surface area (Å²) in [7, 11) is 0. The Hall–Kier alpha value is -1.91. The zero-order valence-electron chi connectivity index (χ0n) is 13.9. The van der Waals surface area contributed by atoms with Gasteiger partial charge in [-0.2, -0.15) is 0 Å². The van der Waals surface area contributed by atoms with Crippen molar-refractivity contribution >= 4 is 22.6 Å². The van der Waals surface area contributed by atoms with Crippen molar-refractivity contribution in [3.05, 3.63) is 64.7 Å². The largest absolute Gasteiger partial charge is 0.342 e. The third-order valence-electron chi connectivity index (χ3n) is 5.11. The molecular formula is C20H21ClFN3. The second-order valence-electron chi connectivity index (χ2n) is 6.79. The number of hydrogen-bond acceptors (Lipinski definition) is 2. The van der Waals surface area contributed by atoms with E-state index in [9.17, 15) is 4.39 Å². The lowest BCUT2D eigenvalue weighted by Crippen LogP contribution is -2.26. The van der Waals surface area contributed by atoms with E-state index in [2.05, 4.69) is 10.3 Å². The number of rotatable bonds is 3. The Kier molecular flexibility index (Phi) is 4.73. The van der Waals surface area contributed by atoms with Crippen molar-refractivity contribution in [3.8, 4) is 0 Å². The van der Waals surface area contributed by atoms with E-state index in [-0.39, 0.29) is 10.8 Å². The molecule has 3 nitrogen and oxygen atoms in total. The maximum Gasteiger partial charge on any atom is 0.142 e. The first-order valence-electron chi connectivity index (χ1n) is 8.80. The van der Waals surface area contributed by atoms with Crippen LogP contribution < -0.4 is 5.32 Å². The minimum atomic E-state index is -0.334. The van der Waals surface area contributed by atoms with Gasteiger partial charge in [0.1, 0.15) is 11.6 Å². The van der Waals surface area contributed by atoms with Gasteiger partial charge in [0, 0.05) is 6.42 Å². The third kappa shape index (κ3) is 3.55. The summed E-state index contributed by atoms with van der Waals surface area (Å²) >= 11 is 5.86. The molecule has 1 saturated heterocycles. The van der Waals surface area contributed by atoms with Crippen LogP contribution in [0, 0.1) is 11.7 Å². The van der Waals surface area contributed by atoms with E-state index < -0.39 is 0 Å². The number of H-pyrrole nitrogens is 1. The van der Waals surface area contributed by atoms with Crippen molar-refractivity contribution < 1.29 is 4.39 Å². The molecular weight excluding hydrogens is 337 g/mol. The number of benzene rings is 2. The Balaban J connectivity index is 1.62. The summed E-state index contributed by atoms with van der Waals surface area (Å²) < 4.78 is 14.0. The SMILES string of the molecule is Fc1cc([C@@H]2CCCNC[C@H]2Cc2nc3ccccc3[nH]2)ccc1Cl. The van der Waals surface area contributed by atoms with Crippen LogP contribution in [-0.4, -0.2) is 23.1 Å². The molecule has 0 aliphatic carbocycles. The average molecular weight is 358 g/mol. The van der Waals surface area contributed by atoms with Crippen molar-refractivity contribution in [2.45, 2.75) is 25.2 Å². The van der Waals surface area contributed by atoms with Gasteiger partial charge in [-0.25, -0.2) is 9.37 Å². The molecule has 2 atom stereocenters. The number of hydrogen-bond donors (Lipinski definition) is 2. The lowest BCUT2D eigenvalue weighted by atomic mass is 9.81. The Morgan fingerprint density at radius 3 is 2.92 bits per heavy atom. The van der Waals surface area contributed by atoms with Crippen LogP contribution in [0.2, 0.25) is 5.02 Å². The number of imidazole rings is 1. The van der Waals surface area contributed by atoms with E-state index >= 15 is 0 Å². The highest BCUT2D eigenvalue weighted by molar-refractivity contribution is 6.30. The molecule has 0 saturated carbocycles. The fourth-order valence-corrected chi connectivity index (χ4v) is 3.98. The van der Waals surface area contributed by atoms with Gasteiger partial charge in [0.05, 0.1) is 16.1 Å². The summed E-state index contributed by atoms with van der Waals surface area (Å²) in [6.07, 6.45) is 2.97. The summed E-state index contributed by atoms with van der Waals surface area (Å²) in [5.41, 5.74) is 3.09. The number of nitrogens with one attached hydrogen (secondary N) is 2. The van der Waals surface area contributed by atoms with Gasteiger partial charge >= 0.3 is 0 Å². The molecule has 0 bridgehead atoms. The maximum atomic E-state index is 14.0. The molecule has 0 unspecified atom stereocenters. The molecule has 2 aromatic carbocycles. The van der Waals surface area contributed by atoms with Gasteiger partial charge in [0.15, 0.2) is 0 Å². The zero-order valence-corrected chi connectivity index (χ0v) is 14.7. The molecule has 1 aliphatic heterocycles. The Morgan fingerprint density at radius 2 is 2.08 bits per heavy atom. The normalized spacial score (nSPS) is 21.4. The summed E-state index contributed by atoms with van der Waals surface area (Å²) in [5.74, 6) is 1.33. The number of aromatic nitrogens is 2. The smallest absolute Gasteiger partial charge is 0.142 e. The molecule has 1 aliphatic rings. The van der Waals surface area contributed by atoms with Crippen molar-refractivity contribution in [1.29, 1.82) is 0 Å². The summed E-state index contributed by atoms with van der Waals surface area (Å²) in [5, 5.41) is 3.70. The predicted octanol–water partition coefficient (Wildman–Crippen LogP) is 4.68. The van der Waals surface area contributed by atoms with Crippen molar-refractivity contribution in [1.82, 2.24) is 15.3 Å². The van der Waals surface area contributed by atoms with Gasteiger partial charge < -0.3 is 10.3 Å². The summed E-state index contributed by atoms with van der Waals surface area (Å²) in [4.78, 5) is 8.14. The number of para-hydroxylation sites is 2. The highest BCUT2D eigenvalue weighted by Gasteiger charge is 2.27. The van der Waals surface area contributed by atoms with E-state index in [1.807, 2.05) is 30.3 Å². The fourth-order valence-electron chi connectivity index (χ4n) is 3.86. The van der Waals surface area contributed by atoms with Crippen LogP contribution in [0.1, 0.15) is 30.1 Å². The van der Waals surface area contributed by atoms with Crippen LogP contribution in [0.5, 0.6) is 0 Å². The van der Waals surface area contributed by atoms with E-state index in [0.717, 1.165) is 54.8 Å². The highest BCUT2D eigenvalue weighted by Crippen LogP contribution is 2.34. The second-order valence-corrected chi connectivity index (χ2v) is 7.20. The Morgan fingerprint density at radius 1 is 1.20 bits per heavy atom. The first kappa shape index (κ1) is 16.6. The van der Waals surface area contributed by atoms with Gasteiger partial charge in [-0.05, 0) is 67.6 Å². The lowest BCUT2D eigenvalue weighted by molar-refractivity contribution is 0.407. The number of halogens is 2. The average Bonchev–Trinajstić information content (AvgIpc) is 2.88. The van der Waals surface area contributed by atoms with Gasteiger partial charge in [0.25, 0.3) is 0 Å². The maximum absolute atomic E-state index is 14.0. The Bertz CT molecular complexity index is 843. The third-order valence-corrected chi connectivity index (χ3v) is 5.42. The van der Waals surface area contributed by atoms with Crippen molar-refractivity contribution in [2.24, 2.45) is 5.92 Å². The van der Waals surface area contributed by atoms with Gasteiger partial charge in [-0.3, -0.25) is 0 Å². The molecule has 25 heavy (non-hydrogen) atoms. The van der Waals surface area contributed by atoms with Crippen molar-refractivity contribution in [3.63, 3.8) is 0 Å². The minimum absolute atomic E-state index is 0.185. The molecule has 2 heterocycles. The van der Waals surface area contributed by atoms with E-state index in [1.165, 1.54) is 0 Å². The lowest BCUT2D eigenvalue weighted by Gasteiger charge is -2.25. The zero-order chi connectivity index (χ0) is 17.2. The van der Waals surface area contributed by atoms with Crippen LogP contribution in [0.25, 0.3) is 11.0 Å². The number of nitrogens with zero attached hydrogens (tertiary/aromatic N) is 1. The van der Waals surface area contributed by atoms with Gasteiger partial charge in [0.2, 0.25) is 0 Å². The fraction of sp³-hybridized carbons (Fsp3) is 0.350. The topological polar surface area (TPSA) is 40.7 Å². The predicted molar refractivity (Wildman–Crippen MR) is 99.5 cm³/mol. The molecule has 5 heteroatoms. The summed E-state index contributed by atoms with van der Waals surface area (Å²) in [6.45, 7) is 1.91. The number of aromatic amines is 1. The van der Waals surface area contributed by atoms with Crippen LogP contribution >= 0.6 is 11.6 Å². The quantitative estimate of drug-likeness (QED) is 0.714. The molecule has 0 amide bonds. The summed E-state index contributed by atoms with van der Waals surface area (Å²) in [6, 6.07) is 13.3. The van der Waals surface area contributed by atoms with Crippen LogP contribution in [0.15, 0.2) is 42.5 Å². The second kappa shape index (κ2) is 7.14. The van der Waals surface area contributed by atoms with Gasteiger partial charge in [-0.15, -0.1) is 0 Å². The Labute approximate surface area is 151 Å². The minimum Gasteiger partial charge on any atom is -0.342 e.